The number of carbonyl (C=O) groups is 1. The average Bonchev–Trinajstić information content (AvgIpc) is 3.23. The molecule has 0 amide bonds. The second-order valence-corrected chi connectivity index (χ2v) is 10.8. The van der Waals surface area contributed by atoms with Gasteiger partial charge in [0.25, 0.3) is 0 Å². The zero-order chi connectivity index (χ0) is 24.3. The fraction of sp³-hybridized carbons (Fsp3) is 0.870. The molecule has 3 saturated carbocycles. The van der Waals surface area contributed by atoms with Gasteiger partial charge in [0, 0.05) is 6.42 Å². The van der Waals surface area contributed by atoms with Crippen molar-refractivity contribution in [1.82, 2.24) is 0 Å². The van der Waals surface area contributed by atoms with E-state index in [1.54, 1.807) is 0 Å². The topological polar surface area (TPSA) is 35.5 Å². The van der Waals surface area contributed by atoms with E-state index in [1.165, 1.54) is 20.8 Å². The molecule has 184 valence electrons. The molecule has 3 rings (SSSR count). The Morgan fingerprint density at radius 3 is 2.03 bits per heavy atom. The highest BCUT2D eigenvalue weighted by Gasteiger charge is 2.76. The quantitative estimate of drug-likeness (QED) is 0.245. The number of ether oxygens (including phenoxy) is 2. The van der Waals surface area contributed by atoms with Crippen LogP contribution < -0.4 is 0 Å². The lowest BCUT2D eigenvalue weighted by molar-refractivity contribution is -0.374. The SMILES string of the molecule is CC=CC1CC(C)C2C3CC(CC(OC(=O)OC(C)(C)C)(C(F)(F)F)C(F)(F)F)C(C3)C12. The third-order valence-electron chi connectivity index (χ3n) is 7.62. The molecule has 32 heavy (non-hydrogen) atoms. The van der Waals surface area contributed by atoms with Crippen molar-refractivity contribution in [3.63, 3.8) is 0 Å². The molecule has 0 spiro atoms. The standard InChI is InChI=1S/C23H32F6O3/c1-6-7-13-8-12(2)17-14-9-15(16(10-14)18(13)17)11-21(22(24,25)26,23(27,28)29)32-19(30)31-20(3,4)5/h6-7,12-18H,8-11H2,1-5H3. The number of rotatable bonds is 4. The van der Waals surface area contributed by atoms with E-state index in [4.69, 9.17) is 0 Å². The second-order valence-electron chi connectivity index (χ2n) is 10.8. The van der Waals surface area contributed by atoms with Crippen LogP contribution in [0.25, 0.3) is 0 Å². The lowest BCUT2D eigenvalue weighted by Gasteiger charge is -2.42. The summed E-state index contributed by atoms with van der Waals surface area (Å²) in [7, 11) is 0. The number of allylic oxidation sites excluding steroid dienone is 2. The predicted octanol–water partition coefficient (Wildman–Crippen LogP) is 7.31. The van der Waals surface area contributed by atoms with Gasteiger partial charge in [-0.1, -0.05) is 19.1 Å². The van der Waals surface area contributed by atoms with Crippen molar-refractivity contribution in [2.45, 2.75) is 83.9 Å². The van der Waals surface area contributed by atoms with E-state index in [2.05, 4.69) is 16.4 Å². The molecule has 2 bridgehead atoms. The number of hydrogen-bond acceptors (Lipinski definition) is 3. The highest BCUT2D eigenvalue weighted by atomic mass is 19.4. The van der Waals surface area contributed by atoms with Crippen molar-refractivity contribution < 1.29 is 40.6 Å². The van der Waals surface area contributed by atoms with Gasteiger partial charge < -0.3 is 9.47 Å². The third kappa shape index (κ3) is 4.37. The lowest BCUT2D eigenvalue weighted by Crippen LogP contribution is -2.61. The van der Waals surface area contributed by atoms with Gasteiger partial charge in [-0.05, 0) is 88.4 Å². The predicted molar refractivity (Wildman–Crippen MR) is 106 cm³/mol. The van der Waals surface area contributed by atoms with Gasteiger partial charge in [0.15, 0.2) is 0 Å². The smallest absolute Gasteiger partial charge is 0.429 e. The molecule has 3 fully saturated rings. The fourth-order valence-corrected chi connectivity index (χ4v) is 6.80. The number of halogens is 6. The Labute approximate surface area is 184 Å². The van der Waals surface area contributed by atoms with Crippen molar-refractivity contribution in [3.8, 4) is 0 Å². The molecule has 3 aliphatic rings. The van der Waals surface area contributed by atoms with Crippen molar-refractivity contribution in [3.05, 3.63) is 12.2 Å². The summed E-state index contributed by atoms with van der Waals surface area (Å²) in [5, 5.41) is 0. The van der Waals surface area contributed by atoms with E-state index >= 15 is 0 Å². The molecule has 0 N–H and O–H groups in total. The molecule has 0 radical (unpaired) electrons. The van der Waals surface area contributed by atoms with E-state index in [-0.39, 0.29) is 23.7 Å². The zero-order valence-corrected chi connectivity index (χ0v) is 19.0. The van der Waals surface area contributed by atoms with Gasteiger partial charge in [-0.2, -0.15) is 26.3 Å². The molecule has 0 aromatic heterocycles. The number of carbonyl (C=O) groups excluding carboxylic acids is 1. The summed E-state index contributed by atoms with van der Waals surface area (Å²) < 4.78 is 93.0. The molecule has 0 saturated heterocycles. The molecule has 3 nitrogen and oxygen atoms in total. The number of alkyl halides is 6. The van der Waals surface area contributed by atoms with Gasteiger partial charge in [0.1, 0.15) is 5.60 Å². The van der Waals surface area contributed by atoms with E-state index in [9.17, 15) is 31.1 Å². The Bertz CT molecular complexity index is 721. The first-order valence-corrected chi connectivity index (χ1v) is 11.2. The average molecular weight is 470 g/mol. The van der Waals surface area contributed by atoms with Gasteiger partial charge in [-0.15, -0.1) is 0 Å². The minimum atomic E-state index is -5.82. The largest absolute Gasteiger partial charge is 0.510 e. The molecular formula is C23H32F6O3. The highest BCUT2D eigenvalue weighted by Crippen LogP contribution is 2.67. The number of fused-ring (bicyclic) bond motifs is 5. The van der Waals surface area contributed by atoms with Gasteiger partial charge in [-0.25, -0.2) is 4.79 Å². The van der Waals surface area contributed by atoms with Crippen molar-refractivity contribution >= 4 is 6.16 Å². The maximum absolute atomic E-state index is 14.0. The molecule has 9 heteroatoms. The summed E-state index contributed by atoms with van der Waals surface area (Å²) in [5.74, 6) is -0.00431. The van der Waals surface area contributed by atoms with Gasteiger partial charge in [0.05, 0.1) is 0 Å². The van der Waals surface area contributed by atoms with Crippen LogP contribution >= 0.6 is 0 Å². The van der Waals surface area contributed by atoms with E-state index < -0.39 is 42.0 Å². The minimum absolute atomic E-state index is 0.0747. The first kappa shape index (κ1) is 25.2. The van der Waals surface area contributed by atoms with E-state index in [0.29, 0.717) is 24.7 Å². The summed E-state index contributed by atoms with van der Waals surface area (Å²) in [6, 6.07) is 0. The van der Waals surface area contributed by atoms with Crippen LogP contribution in [0.3, 0.4) is 0 Å². The van der Waals surface area contributed by atoms with Crippen LogP contribution in [-0.2, 0) is 9.47 Å². The summed E-state index contributed by atoms with van der Waals surface area (Å²) in [6.07, 6.45) is -9.16. The van der Waals surface area contributed by atoms with Crippen LogP contribution in [0.5, 0.6) is 0 Å². The Kier molecular flexibility index (Phi) is 6.40. The van der Waals surface area contributed by atoms with Crippen LogP contribution in [0.1, 0.15) is 60.3 Å². The van der Waals surface area contributed by atoms with Crippen LogP contribution in [-0.4, -0.2) is 29.7 Å². The van der Waals surface area contributed by atoms with Gasteiger partial charge in [-0.3, -0.25) is 0 Å². The summed E-state index contributed by atoms with van der Waals surface area (Å²) in [5.41, 5.74) is -5.88. The highest BCUT2D eigenvalue weighted by molar-refractivity contribution is 5.61. The third-order valence-corrected chi connectivity index (χ3v) is 7.62. The second kappa shape index (κ2) is 8.12. The monoisotopic (exact) mass is 470 g/mol. The molecular weight excluding hydrogens is 438 g/mol. The molecule has 0 heterocycles. The Hall–Kier alpha value is -1.41. The zero-order valence-electron chi connectivity index (χ0n) is 19.0. The van der Waals surface area contributed by atoms with Crippen LogP contribution in [0.2, 0.25) is 0 Å². The summed E-state index contributed by atoms with van der Waals surface area (Å²) in [6.45, 7) is 8.02. The summed E-state index contributed by atoms with van der Waals surface area (Å²) in [4.78, 5) is 12.0. The minimum Gasteiger partial charge on any atom is -0.429 e. The first-order chi connectivity index (χ1) is 14.5. The molecule has 0 aliphatic heterocycles. The lowest BCUT2D eigenvalue weighted by atomic mass is 9.68. The molecule has 7 unspecified atom stereocenters. The number of hydrogen-bond donors (Lipinski definition) is 0. The van der Waals surface area contributed by atoms with E-state index in [1.807, 2.05) is 19.1 Å². The summed E-state index contributed by atoms with van der Waals surface area (Å²) >= 11 is 0. The maximum atomic E-state index is 14.0. The van der Waals surface area contributed by atoms with Crippen molar-refractivity contribution in [2.75, 3.05) is 0 Å². The molecule has 0 aromatic rings. The molecule has 7 atom stereocenters. The Morgan fingerprint density at radius 1 is 0.938 bits per heavy atom. The van der Waals surface area contributed by atoms with Crippen molar-refractivity contribution in [2.24, 2.45) is 41.4 Å². The molecule has 0 aromatic carbocycles. The van der Waals surface area contributed by atoms with Gasteiger partial charge in [0.2, 0.25) is 0 Å². The van der Waals surface area contributed by atoms with Crippen LogP contribution in [0.4, 0.5) is 31.1 Å². The molecule has 3 aliphatic carbocycles. The van der Waals surface area contributed by atoms with Crippen LogP contribution in [0, 0.1) is 41.4 Å². The maximum Gasteiger partial charge on any atom is 0.510 e. The normalized spacial score (nSPS) is 35.4. The van der Waals surface area contributed by atoms with Crippen LogP contribution in [0.15, 0.2) is 12.2 Å². The fourth-order valence-electron chi connectivity index (χ4n) is 6.80. The Balaban J connectivity index is 1.92. The Morgan fingerprint density at radius 2 is 1.53 bits per heavy atom. The first-order valence-electron chi connectivity index (χ1n) is 11.2. The van der Waals surface area contributed by atoms with Crippen molar-refractivity contribution in [1.29, 1.82) is 0 Å². The van der Waals surface area contributed by atoms with E-state index in [0.717, 1.165) is 6.42 Å². The van der Waals surface area contributed by atoms with Gasteiger partial charge >= 0.3 is 24.1 Å².